The Balaban J connectivity index is 2.42. The molecule has 1 aliphatic rings. The molecule has 1 fully saturated rings. The number of likely N-dealkylation sites (tertiary alicyclic amines) is 1. The second kappa shape index (κ2) is 5.43. The molecule has 1 N–H and O–H groups in total. The summed E-state index contributed by atoms with van der Waals surface area (Å²) >= 11 is 0. The normalized spacial score (nSPS) is 20.3. The highest BCUT2D eigenvalue weighted by Crippen LogP contribution is 2.31. The molecule has 1 aliphatic heterocycles. The van der Waals surface area contributed by atoms with Crippen molar-refractivity contribution in [2.75, 3.05) is 13.2 Å². The first-order valence-electron chi connectivity index (χ1n) is 5.90. The van der Waals surface area contributed by atoms with Crippen LogP contribution in [0.5, 0.6) is 0 Å². The van der Waals surface area contributed by atoms with Gasteiger partial charge in [0.2, 0.25) is 11.8 Å². The van der Waals surface area contributed by atoms with Crippen LogP contribution in [0.3, 0.4) is 0 Å². The summed E-state index contributed by atoms with van der Waals surface area (Å²) in [4.78, 5) is 24.9. The average molecular weight is 227 g/mol. The number of hydrogen-bond acceptors (Lipinski definition) is 3. The van der Waals surface area contributed by atoms with Crippen molar-refractivity contribution in [2.24, 2.45) is 5.41 Å². The molecular formula is C12H21NO3. The van der Waals surface area contributed by atoms with E-state index in [4.69, 9.17) is 5.11 Å². The SMILES string of the molecule is CC1(C)CC(=O)N(CCCCCO)C(=O)C1. The monoisotopic (exact) mass is 227 g/mol. The maximum atomic E-state index is 11.7. The topological polar surface area (TPSA) is 57.6 Å². The van der Waals surface area contributed by atoms with Gasteiger partial charge in [-0.3, -0.25) is 14.5 Å². The molecule has 0 atom stereocenters. The number of unbranched alkanes of at least 4 members (excludes halogenated alkanes) is 2. The van der Waals surface area contributed by atoms with Gasteiger partial charge in [0.05, 0.1) is 0 Å². The van der Waals surface area contributed by atoms with Crippen LogP contribution >= 0.6 is 0 Å². The van der Waals surface area contributed by atoms with Gasteiger partial charge in [-0.05, 0) is 24.7 Å². The third-order valence-corrected chi connectivity index (χ3v) is 2.90. The third-order valence-electron chi connectivity index (χ3n) is 2.90. The summed E-state index contributed by atoms with van der Waals surface area (Å²) in [6.07, 6.45) is 3.30. The lowest BCUT2D eigenvalue weighted by Crippen LogP contribution is -2.46. The summed E-state index contributed by atoms with van der Waals surface area (Å²) in [6.45, 7) is 4.58. The molecule has 1 rings (SSSR count). The molecule has 16 heavy (non-hydrogen) atoms. The highest BCUT2D eigenvalue weighted by Gasteiger charge is 2.36. The quantitative estimate of drug-likeness (QED) is 0.569. The van der Waals surface area contributed by atoms with E-state index >= 15 is 0 Å². The lowest BCUT2D eigenvalue weighted by Gasteiger charge is -2.34. The Morgan fingerprint density at radius 1 is 1.12 bits per heavy atom. The molecule has 0 bridgehead atoms. The van der Waals surface area contributed by atoms with Crippen LogP contribution in [-0.4, -0.2) is 35.0 Å². The molecule has 0 spiro atoms. The van der Waals surface area contributed by atoms with Crippen LogP contribution in [0.15, 0.2) is 0 Å². The summed E-state index contributed by atoms with van der Waals surface area (Å²) in [5, 5.41) is 8.63. The van der Waals surface area contributed by atoms with Gasteiger partial charge in [-0.1, -0.05) is 13.8 Å². The molecule has 1 heterocycles. The lowest BCUT2D eigenvalue weighted by atomic mass is 9.82. The summed E-state index contributed by atoms with van der Waals surface area (Å²) < 4.78 is 0. The van der Waals surface area contributed by atoms with E-state index < -0.39 is 0 Å². The molecule has 0 saturated carbocycles. The van der Waals surface area contributed by atoms with Crippen molar-refractivity contribution in [3.05, 3.63) is 0 Å². The Kier molecular flexibility index (Phi) is 4.47. The van der Waals surface area contributed by atoms with Crippen molar-refractivity contribution in [1.29, 1.82) is 0 Å². The second-order valence-electron chi connectivity index (χ2n) is 5.24. The number of imide groups is 1. The first-order chi connectivity index (χ1) is 7.46. The maximum absolute atomic E-state index is 11.7. The Morgan fingerprint density at radius 3 is 2.19 bits per heavy atom. The number of aliphatic hydroxyl groups excluding tert-OH is 1. The fourth-order valence-electron chi connectivity index (χ4n) is 2.02. The molecule has 0 aromatic heterocycles. The van der Waals surface area contributed by atoms with E-state index in [1.54, 1.807) is 0 Å². The van der Waals surface area contributed by atoms with Crippen LogP contribution < -0.4 is 0 Å². The van der Waals surface area contributed by atoms with Gasteiger partial charge in [-0.2, -0.15) is 0 Å². The second-order valence-corrected chi connectivity index (χ2v) is 5.24. The van der Waals surface area contributed by atoms with Gasteiger partial charge in [0, 0.05) is 26.0 Å². The van der Waals surface area contributed by atoms with Crippen molar-refractivity contribution < 1.29 is 14.7 Å². The van der Waals surface area contributed by atoms with Crippen LogP contribution in [0, 0.1) is 5.41 Å². The summed E-state index contributed by atoms with van der Waals surface area (Å²) in [6, 6.07) is 0. The number of carbonyl (C=O) groups excluding carboxylic acids is 2. The molecule has 0 aromatic rings. The van der Waals surface area contributed by atoms with Crippen LogP contribution in [0.2, 0.25) is 0 Å². The molecule has 92 valence electrons. The number of rotatable bonds is 5. The van der Waals surface area contributed by atoms with Crippen molar-refractivity contribution in [2.45, 2.75) is 46.0 Å². The highest BCUT2D eigenvalue weighted by atomic mass is 16.3. The number of amides is 2. The lowest BCUT2D eigenvalue weighted by molar-refractivity contribution is -0.152. The third kappa shape index (κ3) is 3.59. The molecule has 4 heteroatoms. The number of aliphatic hydroxyl groups is 1. The van der Waals surface area contributed by atoms with Gasteiger partial charge in [0.1, 0.15) is 0 Å². The molecule has 2 amide bonds. The smallest absolute Gasteiger partial charge is 0.229 e. The van der Waals surface area contributed by atoms with Crippen molar-refractivity contribution in [3.63, 3.8) is 0 Å². The van der Waals surface area contributed by atoms with Crippen molar-refractivity contribution in [3.8, 4) is 0 Å². The van der Waals surface area contributed by atoms with Crippen LogP contribution in [0.25, 0.3) is 0 Å². The zero-order valence-corrected chi connectivity index (χ0v) is 10.2. The largest absolute Gasteiger partial charge is 0.396 e. The molecule has 4 nitrogen and oxygen atoms in total. The van der Waals surface area contributed by atoms with E-state index in [-0.39, 0.29) is 23.8 Å². The van der Waals surface area contributed by atoms with E-state index in [0.29, 0.717) is 19.4 Å². The van der Waals surface area contributed by atoms with Crippen molar-refractivity contribution in [1.82, 2.24) is 4.90 Å². The van der Waals surface area contributed by atoms with Gasteiger partial charge in [0.25, 0.3) is 0 Å². The molecular weight excluding hydrogens is 206 g/mol. The van der Waals surface area contributed by atoms with Gasteiger partial charge in [-0.15, -0.1) is 0 Å². The molecule has 0 radical (unpaired) electrons. The van der Waals surface area contributed by atoms with Crippen LogP contribution in [0.4, 0.5) is 0 Å². The molecule has 0 unspecified atom stereocenters. The number of hydrogen-bond donors (Lipinski definition) is 1. The van der Waals surface area contributed by atoms with Crippen LogP contribution in [0.1, 0.15) is 46.0 Å². The Labute approximate surface area is 96.6 Å². The highest BCUT2D eigenvalue weighted by molar-refractivity contribution is 5.98. The van der Waals surface area contributed by atoms with E-state index in [1.807, 2.05) is 13.8 Å². The maximum Gasteiger partial charge on any atom is 0.229 e. The fraction of sp³-hybridized carbons (Fsp3) is 0.833. The van der Waals surface area contributed by atoms with Gasteiger partial charge >= 0.3 is 0 Å². The Bertz CT molecular complexity index is 253. The first-order valence-corrected chi connectivity index (χ1v) is 5.90. The Morgan fingerprint density at radius 2 is 1.69 bits per heavy atom. The summed E-state index contributed by atoms with van der Waals surface area (Å²) in [7, 11) is 0. The minimum atomic E-state index is -0.185. The average Bonchev–Trinajstić information content (AvgIpc) is 2.13. The predicted molar refractivity (Wildman–Crippen MR) is 60.7 cm³/mol. The zero-order chi connectivity index (χ0) is 12.2. The fourth-order valence-corrected chi connectivity index (χ4v) is 2.02. The van der Waals surface area contributed by atoms with Gasteiger partial charge in [-0.25, -0.2) is 0 Å². The summed E-state index contributed by atoms with van der Waals surface area (Å²) in [5.74, 6) is -0.101. The van der Waals surface area contributed by atoms with E-state index in [9.17, 15) is 9.59 Å². The first kappa shape index (κ1) is 13.2. The number of carbonyl (C=O) groups is 2. The van der Waals surface area contributed by atoms with Gasteiger partial charge in [0.15, 0.2) is 0 Å². The van der Waals surface area contributed by atoms with E-state index in [0.717, 1.165) is 19.3 Å². The van der Waals surface area contributed by atoms with E-state index in [1.165, 1.54) is 4.90 Å². The predicted octanol–water partition coefficient (Wildman–Crippen LogP) is 1.32. The molecule has 1 saturated heterocycles. The summed E-state index contributed by atoms with van der Waals surface area (Å²) in [5.41, 5.74) is -0.185. The van der Waals surface area contributed by atoms with Crippen molar-refractivity contribution >= 4 is 11.8 Å². The molecule has 0 aliphatic carbocycles. The number of piperidine rings is 1. The standard InChI is InChI=1S/C12H21NO3/c1-12(2)8-10(15)13(11(16)9-12)6-4-3-5-7-14/h14H,3-9H2,1-2H3. The zero-order valence-electron chi connectivity index (χ0n) is 10.2. The molecule has 0 aromatic carbocycles. The van der Waals surface area contributed by atoms with Crippen LogP contribution in [-0.2, 0) is 9.59 Å². The van der Waals surface area contributed by atoms with E-state index in [2.05, 4.69) is 0 Å². The Hall–Kier alpha value is -0.900. The minimum Gasteiger partial charge on any atom is -0.396 e. The number of nitrogens with zero attached hydrogens (tertiary/aromatic N) is 1. The minimum absolute atomic E-state index is 0.0507. The van der Waals surface area contributed by atoms with Gasteiger partial charge < -0.3 is 5.11 Å².